The van der Waals surface area contributed by atoms with Crippen molar-refractivity contribution in [1.82, 2.24) is 4.90 Å². The molecule has 4 nitrogen and oxygen atoms in total. The van der Waals surface area contributed by atoms with Crippen LogP contribution >= 0.6 is 0 Å². The van der Waals surface area contributed by atoms with E-state index in [1.807, 2.05) is 65.8 Å². The number of ether oxygens (including phenoxy) is 1. The monoisotopic (exact) mass is 293 g/mol. The molecule has 0 saturated carbocycles. The van der Waals surface area contributed by atoms with E-state index in [1.165, 1.54) is 4.90 Å². The fourth-order valence-corrected chi connectivity index (χ4v) is 2.50. The van der Waals surface area contributed by atoms with Gasteiger partial charge in [-0.05, 0) is 58.7 Å². The Morgan fingerprint density at radius 3 is 2.10 bits per heavy atom. The minimum atomic E-state index is -0.892. The van der Waals surface area contributed by atoms with Crippen molar-refractivity contribution in [2.45, 2.75) is 65.6 Å². The number of amides is 1. The molecular weight excluding hydrogens is 266 g/mol. The molecule has 0 aromatic heterocycles. The molecule has 1 N–H and O–H groups in total. The molecule has 1 atom stereocenters. The molecule has 1 rings (SSSR count). The van der Waals surface area contributed by atoms with Crippen molar-refractivity contribution in [3.63, 3.8) is 0 Å². The second-order valence-corrected chi connectivity index (χ2v) is 6.48. The van der Waals surface area contributed by atoms with Gasteiger partial charge < -0.3 is 9.84 Å². The predicted molar refractivity (Wildman–Crippen MR) is 84.9 cm³/mol. The maximum absolute atomic E-state index is 11.6. The van der Waals surface area contributed by atoms with Crippen LogP contribution in [0.3, 0.4) is 0 Å². The number of benzene rings is 1. The van der Waals surface area contributed by atoms with E-state index in [2.05, 4.69) is 0 Å². The van der Waals surface area contributed by atoms with Crippen molar-refractivity contribution in [3.05, 3.63) is 29.8 Å². The Labute approximate surface area is 127 Å². The minimum absolute atomic E-state index is 0.128. The normalized spacial score (nSPS) is 13.1. The van der Waals surface area contributed by atoms with Crippen LogP contribution in [-0.4, -0.2) is 27.7 Å². The topological polar surface area (TPSA) is 49.8 Å². The van der Waals surface area contributed by atoms with Crippen LogP contribution in [0.5, 0.6) is 5.75 Å². The smallest absolute Gasteiger partial charge is 0.408 e. The van der Waals surface area contributed by atoms with E-state index in [4.69, 9.17) is 4.74 Å². The average Bonchev–Trinajstić information content (AvgIpc) is 2.34. The summed E-state index contributed by atoms with van der Waals surface area (Å²) in [7, 11) is 0. The summed E-state index contributed by atoms with van der Waals surface area (Å²) in [6.45, 7) is 11.7. The molecule has 0 radical (unpaired) electrons. The van der Waals surface area contributed by atoms with Gasteiger partial charge in [-0.3, -0.25) is 4.90 Å². The summed E-state index contributed by atoms with van der Waals surface area (Å²) in [5, 5.41) is 9.55. The molecule has 1 unspecified atom stereocenters. The fraction of sp³-hybridized carbons (Fsp3) is 0.588. The third kappa shape index (κ3) is 4.66. The molecule has 118 valence electrons. The summed E-state index contributed by atoms with van der Waals surface area (Å²) in [6, 6.07) is 7.55. The molecule has 0 saturated heterocycles. The van der Waals surface area contributed by atoms with Gasteiger partial charge in [0.1, 0.15) is 5.75 Å². The van der Waals surface area contributed by atoms with E-state index < -0.39 is 11.6 Å². The van der Waals surface area contributed by atoms with Gasteiger partial charge in [-0.25, -0.2) is 4.79 Å². The van der Waals surface area contributed by atoms with E-state index in [9.17, 15) is 9.90 Å². The quantitative estimate of drug-likeness (QED) is 0.855. The summed E-state index contributed by atoms with van der Waals surface area (Å²) < 4.78 is 5.63. The molecule has 0 aliphatic heterocycles. The average molecular weight is 293 g/mol. The Kier molecular flexibility index (Phi) is 5.64. The van der Waals surface area contributed by atoms with Crippen LogP contribution in [-0.2, 0) is 0 Å². The number of nitrogens with zero attached hydrogens (tertiary/aromatic N) is 1. The van der Waals surface area contributed by atoms with Crippen LogP contribution in [0.1, 0.15) is 59.6 Å². The van der Waals surface area contributed by atoms with Gasteiger partial charge in [0.05, 0.1) is 12.1 Å². The van der Waals surface area contributed by atoms with Gasteiger partial charge in [-0.15, -0.1) is 0 Å². The molecule has 1 aromatic carbocycles. The molecule has 1 amide bonds. The summed E-state index contributed by atoms with van der Waals surface area (Å²) >= 11 is 0. The van der Waals surface area contributed by atoms with E-state index >= 15 is 0 Å². The standard InChI is InChI=1S/C17H27NO3/c1-7-15(18(16(19)20)17(4,5)6)13-8-10-14(11-9-13)21-12(2)3/h8-12,15H,7H2,1-6H3,(H,19,20). The maximum Gasteiger partial charge on any atom is 0.408 e. The van der Waals surface area contributed by atoms with Gasteiger partial charge >= 0.3 is 6.09 Å². The van der Waals surface area contributed by atoms with Crippen molar-refractivity contribution >= 4 is 6.09 Å². The minimum Gasteiger partial charge on any atom is -0.491 e. The molecule has 21 heavy (non-hydrogen) atoms. The molecular formula is C17H27NO3. The number of hydrogen-bond acceptors (Lipinski definition) is 2. The van der Waals surface area contributed by atoms with Crippen LogP contribution in [0.15, 0.2) is 24.3 Å². The largest absolute Gasteiger partial charge is 0.491 e. The molecule has 0 spiro atoms. The lowest BCUT2D eigenvalue weighted by Crippen LogP contribution is -2.47. The Morgan fingerprint density at radius 2 is 1.76 bits per heavy atom. The summed E-state index contributed by atoms with van der Waals surface area (Å²) in [4.78, 5) is 13.2. The zero-order valence-corrected chi connectivity index (χ0v) is 13.9. The molecule has 0 aliphatic rings. The third-order valence-electron chi connectivity index (χ3n) is 3.26. The SMILES string of the molecule is CCC(c1ccc(OC(C)C)cc1)N(C(=O)O)C(C)(C)C. The maximum atomic E-state index is 11.6. The van der Waals surface area contributed by atoms with Crippen molar-refractivity contribution in [2.75, 3.05) is 0 Å². The Hall–Kier alpha value is -1.71. The van der Waals surface area contributed by atoms with E-state index in [1.54, 1.807) is 0 Å². The summed E-state index contributed by atoms with van der Waals surface area (Å²) in [6.07, 6.45) is -0.0340. The zero-order chi connectivity index (χ0) is 16.2. The highest BCUT2D eigenvalue weighted by atomic mass is 16.5. The van der Waals surface area contributed by atoms with Crippen LogP contribution in [0.2, 0.25) is 0 Å². The summed E-state index contributed by atoms with van der Waals surface area (Å²) in [5.74, 6) is 0.807. The molecule has 0 bridgehead atoms. The Balaban J connectivity index is 3.06. The lowest BCUT2D eigenvalue weighted by molar-refractivity contribution is 0.0682. The van der Waals surface area contributed by atoms with Crippen molar-refractivity contribution in [3.8, 4) is 5.75 Å². The Morgan fingerprint density at radius 1 is 1.24 bits per heavy atom. The van der Waals surface area contributed by atoms with Crippen LogP contribution in [0.25, 0.3) is 0 Å². The van der Waals surface area contributed by atoms with E-state index in [0.29, 0.717) is 0 Å². The van der Waals surface area contributed by atoms with Gasteiger partial charge in [0.15, 0.2) is 0 Å². The van der Waals surface area contributed by atoms with Crippen LogP contribution in [0.4, 0.5) is 4.79 Å². The fourth-order valence-electron chi connectivity index (χ4n) is 2.50. The highest BCUT2D eigenvalue weighted by Crippen LogP contribution is 2.32. The molecule has 1 aromatic rings. The highest BCUT2D eigenvalue weighted by molar-refractivity contribution is 5.67. The van der Waals surface area contributed by atoms with Gasteiger partial charge in [0.2, 0.25) is 0 Å². The second kappa shape index (κ2) is 6.83. The first kappa shape index (κ1) is 17.3. The number of rotatable bonds is 5. The van der Waals surface area contributed by atoms with E-state index in [-0.39, 0.29) is 12.1 Å². The third-order valence-corrected chi connectivity index (χ3v) is 3.26. The van der Waals surface area contributed by atoms with Crippen LogP contribution in [0, 0.1) is 0 Å². The first-order chi connectivity index (χ1) is 9.66. The van der Waals surface area contributed by atoms with Gasteiger partial charge in [-0.1, -0.05) is 19.1 Å². The van der Waals surface area contributed by atoms with Gasteiger partial charge in [-0.2, -0.15) is 0 Å². The van der Waals surface area contributed by atoms with Gasteiger partial charge in [0, 0.05) is 5.54 Å². The molecule has 0 heterocycles. The number of hydrogen-bond donors (Lipinski definition) is 1. The molecule has 0 aliphatic carbocycles. The molecule has 0 fully saturated rings. The highest BCUT2D eigenvalue weighted by Gasteiger charge is 2.33. The summed E-state index contributed by atoms with van der Waals surface area (Å²) in [5.41, 5.74) is 0.547. The first-order valence-electron chi connectivity index (χ1n) is 7.45. The first-order valence-corrected chi connectivity index (χ1v) is 7.45. The van der Waals surface area contributed by atoms with Crippen molar-refractivity contribution in [2.24, 2.45) is 0 Å². The lowest BCUT2D eigenvalue weighted by Gasteiger charge is -2.39. The second-order valence-electron chi connectivity index (χ2n) is 6.48. The number of carboxylic acid groups (broad SMARTS) is 1. The van der Waals surface area contributed by atoms with Crippen molar-refractivity contribution in [1.29, 1.82) is 0 Å². The van der Waals surface area contributed by atoms with Crippen molar-refractivity contribution < 1.29 is 14.6 Å². The van der Waals surface area contributed by atoms with Gasteiger partial charge in [0.25, 0.3) is 0 Å². The lowest BCUT2D eigenvalue weighted by atomic mass is 9.96. The van der Waals surface area contributed by atoms with E-state index in [0.717, 1.165) is 17.7 Å². The Bertz CT molecular complexity index is 460. The molecule has 4 heteroatoms. The predicted octanol–water partition coefficient (Wildman–Crippen LogP) is 4.70. The zero-order valence-electron chi connectivity index (χ0n) is 13.9. The van der Waals surface area contributed by atoms with Crippen LogP contribution < -0.4 is 4.74 Å². The number of carbonyl (C=O) groups is 1.